The molecule has 0 aliphatic rings. The van der Waals surface area contributed by atoms with E-state index in [4.69, 9.17) is 11.6 Å². The molecule has 0 aliphatic carbocycles. The Labute approximate surface area is 111 Å². The van der Waals surface area contributed by atoms with Gasteiger partial charge in [-0.15, -0.1) is 0 Å². The molecule has 0 unspecified atom stereocenters. The van der Waals surface area contributed by atoms with Gasteiger partial charge in [-0.25, -0.2) is 0 Å². The summed E-state index contributed by atoms with van der Waals surface area (Å²) in [5.74, 6) is -0.0305. The Morgan fingerprint density at radius 3 is 2.33 bits per heavy atom. The molecule has 0 bridgehead atoms. The molecule has 0 fully saturated rings. The lowest BCUT2D eigenvalue weighted by atomic mass is 10.1. The Morgan fingerprint density at radius 2 is 1.67 bits per heavy atom. The van der Waals surface area contributed by atoms with E-state index < -0.39 is 0 Å². The first-order chi connectivity index (χ1) is 8.75. The average molecular weight is 258 g/mol. The standard InChI is InChI=1S/C15H12ClNO/c16-13-6-8-14(9-7-13)17-11-10-15(18)12-4-2-1-3-5-12/h1-11,17H/b11-10+. The molecule has 0 saturated carbocycles. The van der Waals surface area contributed by atoms with Gasteiger partial charge in [0.05, 0.1) is 0 Å². The number of rotatable bonds is 4. The molecule has 2 rings (SSSR count). The van der Waals surface area contributed by atoms with Crippen LogP contribution in [0.25, 0.3) is 0 Å². The fourth-order valence-electron chi connectivity index (χ4n) is 1.46. The number of allylic oxidation sites excluding steroid dienone is 1. The Balaban J connectivity index is 1.96. The molecular formula is C15H12ClNO. The van der Waals surface area contributed by atoms with E-state index in [0.29, 0.717) is 10.6 Å². The molecule has 0 heterocycles. The first-order valence-electron chi connectivity index (χ1n) is 5.54. The monoisotopic (exact) mass is 257 g/mol. The highest BCUT2D eigenvalue weighted by Gasteiger charge is 1.98. The van der Waals surface area contributed by atoms with Crippen molar-refractivity contribution in [2.24, 2.45) is 0 Å². The maximum absolute atomic E-state index is 11.7. The van der Waals surface area contributed by atoms with Crippen molar-refractivity contribution in [1.82, 2.24) is 0 Å². The second-order valence-corrected chi connectivity index (χ2v) is 4.15. The largest absolute Gasteiger partial charge is 0.362 e. The smallest absolute Gasteiger partial charge is 0.187 e. The van der Waals surface area contributed by atoms with Crippen LogP contribution in [0.2, 0.25) is 5.02 Å². The molecule has 1 N–H and O–H groups in total. The molecule has 2 nitrogen and oxygen atoms in total. The van der Waals surface area contributed by atoms with Crippen LogP contribution in [0.1, 0.15) is 10.4 Å². The van der Waals surface area contributed by atoms with Crippen LogP contribution in [0.15, 0.2) is 66.9 Å². The highest BCUT2D eigenvalue weighted by atomic mass is 35.5. The summed E-state index contributed by atoms with van der Waals surface area (Å²) in [6, 6.07) is 16.4. The van der Waals surface area contributed by atoms with Gasteiger partial charge in [0.15, 0.2) is 5.78 Å². The summed E-state index contributed by atoms with van der Waals surface area (Å²) < 4.78 is 0. The van der Waals surface area contributed by atoms with E-state index in [2.05, 4.69) is 5.32 Å². The first kappa shape index (κ1) is 12.4. The summed E-state index contributed by atoms with van der Waals surface area (Å²) in [4.78, 5) is 11.7. The topological polar surface area (TPSA) is 29.1 Å². The second-order valence-electron chi connectivity index (χ2n) is 3.71. The van der Waals surface area contributed by atoms with Crippen LogP contribution >= 0.6 is 11.6 Å². The van der Waals surface area contributed by atoms with E-state index >= 15 is 0 Å². The number of benzene rings is 2. The molecule has 0 radical (unpaired) electrons. The van der Waals surface area contributed by atoms with Gasteiger partial charge in [0, 0.05) is 28.5 Å². The van der Waals surface area contributed by atoms with Crippen molar-refractivity contribution >= 4 is 23.1 Å². The lowest BCUT2D eigenvalue weighted by Gasteiger charge is -2.00. The lowest BCUT2D eigenvalue weighted by molar-refractivity contribution is 0.104. The molecule has 2 aromatic rings. The van der Waals surface area contributed by atoms with Crippen LogP contribution in [-0.2, 0) is 0 Å². The number of hydrogen-bond donors (Lipinski definition) is 1. The molecule has 2 aromatic carbocycles. The molecule has 0 amide bonds. The number of ketones is 1. The molecule has 18 heavy (non-hydrogen) atoms. The summed E-state index contributed by atoms with van der Waals surface area (Å²) in [5.41, 5.74) is 1.56. The number of carbonyl (C=O) groups excluding carboxylic acids is 1. The van der Waals surface area contributed by atoms with Crippen LogP contribution in [0, 0.1) is 0 Å². The van der Waals surface area contributed by atoms with Crippen molar-refractivity contribution < 1.29 is 4.79 Å². The van der Waals surface area contributed by atoms with E-state index in [1.165, 1.54) is 6.08 Å². The minimum Gasteiger partial charge on any atom is -0.362 e. The number of nitrogens with one attached hydrogen (secondary N) is 1. The Morgan fingerprint density at radius 1 is 1.00 bits per heavy atom. The van der Waals surface area contributed by atoms with Crippen LogP contribution < -0.4 is 5.32 Å². The van der Waals surface area contributed by atoms with Crippen molar-refractivity contribution in [2.45, 2.75) is 0 Å². The third kappa shape index (κ3) is 3.47. The van der Waals surface area contributed by atoms with Crippen LogP contribution in [0.5, 0.6) is 0 Å². The zero-order chi connectivity index (χ0) is 12.8. The average Bonchev–Trinajstić information content (AvgIpc) is 2.42. The fourth-order valence-corrected chi connectivity index (χ4v) is 1.58. The quantitative estimate of drug-likeness (QED) is 0.659. The van der Waals surface area contributed by atoms with Gasteiger partial charge in [-0.05, 0) is 24.3 Å². The summed E-state index contributed by atoms with van der Waals surface area (Å²) in [5, 5.41) is 3.70. The lowest BCUT2D eigenvalue weighted by Crippen LogP contribution is -1.95. The summed E-state index contributed by atoms with van der Waals surface area (Å²) in [7, 11) is 0. The molecule has 0 atom stereocenters. The van der Waals surface area contributed by atoms with Crippen molar-refractivity contribution in [2.75, 3.05) is 5.32 Å². The molecule has 3 heteroatoms. The van der Waals surface area contributed by atoms with Crippen molar-refractivity contribution in [1.29, 1.82) is 0 Å². The molecule has 0 saturated heterocycles. The van der Waals surface area contributed by atoms with Gasteiger partial charge >= 0.3 is 0 Å². The van der Waals surface area contributed by atoms with Gasteiger partial charge < -0.3 is 5.32 Å². The molecule has 0 spiro atoms. The van der Waals surface area contributed by atoms with Gasteiger partial charge in [-0.3, -0.25) is 4.79 Å². The number of halogens is 1. The van der Waals surface area contributed by atoms with Crippen LogP contribution in [0.3, 0.4) is 0 Å². The predicted molar refractivity (Wildman–Crippen MR) is 75.0 cm³/mol. The van der Waals surface area contributed by atoms with E-state index in [1.807, 2.05) is 30.3 Å². The number of anilines is 1. The van der Waals surface area contributed by atoms with Gasteiger partial charge in [-0.1, -0.05) is 41.9 Å². The van der Waals surface area contributed by atoms with Gasteiger partial charge in [0.2, 0.25) is 0 Å². The summed E-state index contributed by atoms with van der Waals surface area (Å²) >= 11 is 5.78. The molecule has 0 aromatic heterocycles. The third-order valence-corrected chi connectivity index (χ3v) is 2.64. The van der Waals surface area contributed by atoms with Gasteiger partial charge in [0.1, 0.15) is 0 Å². The maximum Gasteiger partial charge on any atom is 0.187 e. The third-order valence-electron chi connectivity index (χ3n) is 2.39. The molecule has 0 aliphatic heterocycles. The maximum atomic E-state index is 11.7. The normalized spacial score (nSPS) is 10.5. The highest BCUT2D eigenvalue weighted by molar-refractivity contribution is 6.30. The summed E-state index contributed by atoms with van der Waals surface area (Å²) in [6.45, 7) is 0. The molecule has 90 valence electrons. The Bertz CT molecular complexity index is 546. The minimum atomic E-state index is -0.0305. The number of carbonyl (C=O) groups is 1. The van der Waals surface area contributed by atoms with Gasteiger partial charge in [0.25, 0.3) is 0 Å². The van der Waals surface area contributed by atoms with Crippen molar-refractivity contribution in [3.8, 4) is 0 Å². The van der Waals surface area contributed by atoms with E-state index in [0.717, 1.165) is 5.69 Å². The minimum absolute atomic E-state index is 0.0305. The Hall–Kier alpha value is -2.06. The predicted octanol–water partition coefficient (Wildman–Crippen LogP) is 4.15. The summed E-state index contributed by atoms with van der Waals surface area (Å²) in [6.07, 6.45) is 3.13. The SMILES string of the molecule is O=C(/C=C/Nc1ccc(Cl)cc1)c1ccccc1. The van der Waals surface area contributed by atoms with Crippen molar-refractivity contribution in [3.05, 3.63) is 77.5 Å². The zero-order valence-corrected chi connectivity index (χ0v) is 10.4. The number of hydrogen-bond acceptors (Lipinski definition) is 2. The molecular weight excluding hydrogens is 246 g/mol. The fraction of sp³-hybridized carbons (Fsp3) is 0. The Kier molecular flexibility index (Phi) is 4.15. The zero-order valence-electron chi connectivity index (χ0n) is 9.64. The van der Waals surface area contributed by atoms with Crippen molar-refractivity contribution in [3.63, 3.8) is 0 Å². The van der Waals surface area contributed by atoms with Crippen LogP contribution in [-0.4, -0.2) is 5.78 Å². The second kappa shape index (κ2) is 6.03. The highest BCUT2D eigenvalue weighted by Crippen LogP contribution is 2.13. The van der Waals surface area contributed by atoms with E-state index in [-0.39, 0.29) is 5.78 Å². The van der Waals surface area contributed by atoms with Gasteiger partial charge in [-0.2, -0.15) is 0 Å². The van der Waals surface area contributed by atoms with Crippen LogP contribution in [0.4, 0.5) is 5.69 Å². The van der Waals surface area contributed by atoms with E-state index in [9.17, 15) is 4.79 Å². The van der Waals surface area contributed by atoms with E-state index in [1.54, 1.807) is 30.5 Å². The first-order valence-corrected chi connectivity index (χ1v) is 5.91.